The van der Waals surface area contributed by atoms with Gasteiger partial charge in [-0.2, -0.15) is 0 Å². The van der Waals surface area contributed by atoms with Crippen LogP contribution < -0.4 is 9.64 Å². The number of carboxylic acid groups (broad SMARTS) is 1. The zero-order valence-corrected chi connectivity index (χ0v) is 8.86. The molecule has 2 rings (SSSR count). The van der Waals surface area contributed by atoms with Crippen LogP contribution >= 0.6 is 11.6 Å². The van der Waals surface area contributed by atoms with E-state index in [2.05, 4.69) is 0 Å². The number of anilines is 1. The summed E-state index contributed by atoms with van der Waals surface area (Å²) >= 11 is 5.93. The summed E-state index contributed by atoms with van der Waals surface area (Å²) in [5, 5.41) is 9.31. The second-order valence-electron chi connectivity index (χ2n) is 3.41. The van der Waals surface area contributed by atoms with Crippen molar-refractivity contribution in [3.63, 3.8) is 0 Å². The number of aliphatic carboxylic acids is 1. The van der Waals surface area contributed by atoms with E-state index in [0.29, 0.717) is 17.3 Å². The molecule has 80 valence electrons. The number of hydrogen-bond acceptors (Lipinski definition) is 3. The number of para-hydroxylation sites is 1. The first-order valence-corrected chi connectivity index (χ1v) is 4.86. The fourth-order valence-electron chi connectivity index (χ4n) is 1.57. The third kappa shape index (κ3) is 1.72. The number of fused-ring (bicyclic) bond motifs is 1. The Hall–Kier alpha value is -1.42. The Morgan fingerprint density at radius 2 is 2.40 bits per heavy atom. The van der Waals surface area contributed by atoms with Crippen LogP contribution in [0.4, 0.5) is 5.69 Å². The van der Waals surface area contributed by atoms with Gasteiger partial charge in [0.25, 0.3) is 0 Å². The highest BCUT2D eigenvalue weighted by molar-refractivity contribution is 6.32. The van der Waals surface area contributed by atoms with E-state index < -0.39 is 12.1 Å². The summed E-state index contributed by atoms with van der Waals surface area (Å²) in [6.07, 6.45) is -0.859. The predicted molar refractivity (Wildman–Crippen MR) is 56.8 cm³/mol. The molecular weight excluding hydrogens is 218 g/mol. The zero-order valence-electron chi connectivity index (χ0n) is 8.11. The molecule has 1 heterocycles. The van der Waals surface area contributed by atoms with E-state index in [1.165, 1.54) is 0 Å². The summed E-state index contributed by atoms with van der Waals surface area (Å²) in [6, 6.07) is 5.33. The number of ether oxygens (including phenoxy) is 1. The van der Waals surface area contributed by atoms with Gasteiger partial charge in [-0.3, -0.25) is 0 Å². The number of hydrogen-bond donors (Lipinski definition) is 1. The fourth-order valence-corrected chi connectivity index (χ4v) is 1.78. The third-order valence-corrected chi connectivity index (χ3v) is 2.63. The molecule has 0 radical (unpaired) electrons. The molecule has 0 amide bonds. The molecule has 1 aromatic carbocycles. The number of nitrogens with zero attached hydrogens (tertiary/aromatic N) is 1. The average molecular weight is 228 g/mol. The smallest absolute Gasteiger partial charge is 0.346 e. The fraction of sp³-hybridized carbons (Fsp3) is 0.300. The van der Waals surface area contributed by atoms with Gasteiger partial charge in [0.1, 0.15) is 0 Å². The monoisotopic (exact) mass is 227 g/mol. The molecule has 1 aliphatic rings. The van der Waals surface area contributed by atoms with Crippen LogP contribution in [0.2, 0.25) is 5.02 Å². The molecule has 1 unspecified atom stereocenters. The van der Waals surface area contributed by atoms with Gasteiger partial charge in [0.05, 0.1) is 17.3 Å². The Morgan fingerprint density at radius 3 is 3.07 bits per heavy atom. The molecule has 1 atom stereocenters. The van der Waals surface area contributed by atoms with Crippen LogP contribution in [0.1, 0.15) is 0 Å². The van der Waals surface area contributed by atoms with Crippen LogP contribution in [0, 0.1) is 0 Å². The van der Waals surface area contributed by atoms with Gasteiger partial charge in [-0.1, -0.05) is 17.7 Å². The van der Waals surface area contributed by atoms with Crippen molar-refractivity contribution < 1.29 is 14.6 Å². The van der Waals surface area contributed by atoms with Gasteiger partial charge in [-0.15, -0.1) is 0 Å². The van der Waals surface area contributed by atoms with E-state index >= 15 is 0 Å². The number of halogens is 1. The minimum Gasteiger partial charge on any atom is -0.478 e. The van der Waals surface area contributed by atoms with Crippen molar-refractivity contribution in [2.24, 2.45) is 0 Å². The highest BCUT2D eigenvalue weighted by Crippen LogP contribution is 2.38. The molecule has 0 spiro atoms. The van der Waals surface area contributed by atoms with Crippen molar-refractivity contribution >= 4 is 23.3 Å². The van der Waals surface area contributed by atoms with Gasteiger partial charge in [-0.05, 0) is 12.1 Å². The maximum absolute atomic E-state index is 10.8. The molecule has 1 N–H and O–H groups in total. The normalized spacial score (nSPS) is 19.3. The lowest BCUT2D eigenvalue weighted by Gasteiger charge is -2.32. The second kappa shape index (κ2) is 3.62. The van der Waals surface area contributed by atoms with Crippen LogP contribution in [0.3, 0.4) is 0 Å². The van der Waals surface area contributed by atoms with Gasteiger partial charge in [0, 0.05) is 7.05 Å². The summed E-state index contributed by atoms with van der Waals surface area (Å²) in [5.74, 6) is -0.535. The minimum atomic E-state index is -0.979. The summed E-state index contributed by atoms with van der Waals surface area (Å²) < 4.78 is 5.32. The first-order chi connectivity index (χ1) is 7.09. The van der Waals surface area contributed by atoms with E-state index in [4.69, 9.17) is 21.4 Å². The van der Waals surface area contributed by atoms with Gasteiger partial charge in [0.15, 0.2) is 5.75 Å². The van der Waals surface area contributed by atoms with E-state index in [0.717, 1.165) is 5.69 Å². The molecule has 0 fully saturated rings. The molecule has 1 aromatic rings. The molecule has 0 aliphatic carbocycles. The number of likely N-dealkylation sites (N-methyl/N-ethyl adjacent to an activating group) is 1. The van der Waals surface area contributed by atoms with Crippen LogP contribution in [0.25, 0.3) is 0 Å². The molecule has 5 heteroatoms. The zero-order chi connectivity index (χ0) is 11.0. The Bertz CT molecular complexity index is 408. The summed E-state index contributed by atoms with van der Waals surface area (Å²) in [4.78, 5) is 12.6. The number of rotatable bonds is 1. The minimum absolute atomic E-state index is 0.322. The maximum atomic E-state index is 10.8. The number of carboxylic acids is 1. The van der Waals surface area contributed by atoms with Crippen LogP contribution in [-0.4, -0.2) is 30.8 Å². The average Bonchev–Trinajstić information content (AvgIpc) is 2.19. The van der Waals surface area contributed by atoms with Crippen molar-refractivity contribution in [3.8, 4) is 5.75 Å². The van der Waals surface area contributed by atoms with Crippen molar-refractivity contribution in [2.45, 2.75) is 6.10 Å². The SMILES string of the molecule is CN1CC(C(=O)O)Oc2c(Cl)cccc21. The molecule has 1 aliphatic heterocycles. The summed E-state index contributed by atoms with van der Waals surface area (Å²) in [6.45, 7) is 0.322. The van der Waals surface area contributed by atoms with Gasteiger partial charge >= 0.3 is 5.97 Å². The largest absolute Gasteiger partial charge is 0.478 e. The molecule has 0 saturated carbocycles. The van der Waals surface area contributed by atoms with E-state index in [1.54, 1.807) is 6.07 Å². The topological polar surface area (TPSA) is 49.8 Å². The Morgan fingerprint density at radius 1 is 1.67 bits per heavy atom. The van der Waals surface area contributed by atoms with Crippen molar-refractivity contribution in [2.75, 3.05) is 18.5 Å². The Kier molecular flexibility index (Phi) is 2.44. The Labute approximate surface area is 92.0 Å². The molecular formula is C10H10ClNO3. The first-order valence-electron chi connectivity index (χ1n) is 4.48. The lowest BCUT2D eigenvalue weighted by atomic mass is 10.2. The number of carbonyl (C=O) groups is 1. The molecule has 0 aromatic heterocycles. The maximum Gasteiger partial charge on any atom is 0.346 e. The van der Waals surface area contributed by atoms with Gasteiger partial charge in [-0.25, -0.2) is 4.79 Å². The van der Waals surface area contributed by atoms with Gasteiger partial charge < -0.3 is 14.7 Å². The van der Waals surface area contributed by atoms with Crippen molar-refractivity contribution in [3.05, 3.63) is 23.2 Å². The molecule has 15 heavy (non-hydrogen) atoms. The first kappa shape index (κ1) is 10.1. The Balaban J connectivity index is 2.41. The second-order valence-corrected chi connectivity index (χ2v) is 3.82. The van der Waals surface area contributed by atoms with Gasteiger partial charge in [0.2, 0.25) is 6.10 Å². The van der Waals surface area contributed by atoms with Crippen LogP contribution in [0.5, 0.6) is 5.75 Å². The van der Waals surface area contributed by atoms with Crippen LogP contribution in [-0.2, 0) is 4.79 Å². The van der Waals surface area contributed by atoms with E-state index in [-0.39, 0.29) is 0 Å². The molecule has 0 saturated heterocycles. The highest BCUT2D eigenvalue weighted by Gasteiger charge is 2.29. The lowest BCUT2D eigenvalue weighted by Crippen LogP contribution is -2.42. The van der Waals surface area contributed by atoms with Crippen molar-refractivity contribution in [1.82, 2.24) is 0 Å². The molecule has 0 bridgehead atoms. The summed E-state index contributed by atoms with van der Waals surface area (Å²) in [5.41, 5.74) is 0.819. The predicted octanol–water partition coefficient (Wildman–Crippen LogP) is 1.62. The highest BCUT2D eigenvalue weighted by atomic mass is 35.5. The van der Waals surface area contributed by atoms with Crippen LogP contribution in [0.15, 0.2) is 18.2 Å². The summed E-state index contributed by atoms with van der Waals surface area (Å²) in [7, 11) is 1.81. The quantitative estimate of drug-likeness (QED) is 0.792. The number of benzene rings is 1. The van der Waals surface area contributed by atoms with E-state index in [1.807, 2.05) is 24.1 Å². The molecule has 4 nitrogen and oxygen atoms in total. The van der Waals surface area contributed by atoms with E-state index in [9.17, 15) is 4.79 Å². The van der Waals surface area contributed by atoms with Crippen molar-refractivity contribution in [1.29, 1.82) is 0 Å². The third-order valence-electron chi connectivity index (χ3n) is 2.33. The lowest BCUT2D eigenvalue weighted by molar-refractivity contribution is -0.144. The standard InChI is InChI=1S/C10H10ClNO3/c1-12-5-8(10(13)14)15-9-6(11)3-2-4-7(9)12/h2-4,8H,5H2,1H3,(H,13,14).